The highest BCUT2D eigenvalue weighted by molar-refractivity contribution is 7.89. The lowest BCUT2D eigenvalue weighted by atomic mass is 10.2. The van der Waals surface area contributed by atoms with Crippen LogP contribution in [0.5, 0.6) is 0 Å². The summed E-state index contributed by atoms with van der Waals surface area (Å²) in [6.45, 7) is 2.47. The Morgan fingerprint density at radius 2 is 1.88 bits per heavy atom. The van der Waals surface area contributed by atoms with Crippen molar-refractivity contribution >= 4 is 10.0 Å². The highest BCUT2D eigenvalue weighted by atomic mass is 32.2. The second-order valence-electron chi connectivity index (χ2n) is 3.80. The molecule has 1 rings (SSSR count). The van der Waals surface area contributed by atoms with Gasteiger partial charge in [-0.2, -0.15) is 0 Å². The molecule has 0 aliphatic rings. The molecule has 0 unspecified atom stereocenters. The first kappa shape index (κ1) is 13.2. The molecule has 16 heavy (non-hydrogen) atoms. The third-order valence-electron chi connectivity index (χ3n) is 2.35. The second-order valence-corrected chi connectivity index (χ2v) is 5.73. The summed E-state index contributed by atoms with van der Waals surface area (Å²) in [5.41, 5.74) is 1.15. The molecule has 3 nitrogen and oxygen atoms in total. The summed E-state index contributed by atoms with van der Waals surface area (Å²) in [7, 11) is -3.06. The van der Waals surface area contributed by atoms with Crippen molar-refractivity contribution in [3.63, 3.8) is 0 Å². The first-order valence-electron chi connectivity index (χ1n) is 5.65. The molecule has 0 aromatic heterocycles. The van der Waals surface area contributed by atoms with Gasteiger partial charge in [-0.05, 0) is 18.4 Å². The molecule has 1 N–H and O–H groups in total. The van der Waals surface area contributed by atoms with Crippen molar-refractivity contribution in [2.75, 3.05) is 12.3 Å². The minimum absolute atomic E-state index is 0.234. The van der Waals surface area contributed by atoms with E-state index in [4.69, 9.17) is 0 Å². The standard InChI is InChI=1S/C12H19NO2S/c1-2-3-11-16(14,15)13-10-9-12-7-5-4-6-8-12/h4-8,13H,2-3,9-11H2,1H3. The minimum atomic E-state index is -3.06. The van der Waals surface area contributed by atoms with Crippen LogP contribution >= 0.6 is 0 Å². The van der Waals surface area contributed by atoms with Crippen LogP contribution in [-0.2, 0) is 16.4 Å². The van der Waals surface area contributed by atoms with Crippen molar-refractivity contribution < 1.29 is 8.42 Å². The van der Waals surface area contributed by atoms with Gasteiger partial charge in [0.2, 0.25) is 10.0 Å². The SMILES string of the molecule is CCCCS(=O)(=O)NCCc1ccccc1. The molecule has 0 saturated heterocycles. The summed E-state index contributed by atoms with van der Waals surface area (Å²) in [6, 6.07) is 9.87. The molecule has 0 aliphatic heterocycles. The van der Waals surface area contributed by atoms with Crippen LogP contribution in [0.1, 0.15) is 25.3 Å². The van der Waals surface area contributed by atoms with E-state index in [1.807, 2.05) is 37.3 Å². The molecule has 0 aliphatic carbocycles. The van der Waals surface area contributed by atoms with Crippen molar-refractivity contribution in [3.8, 4) is 0 Å². The van der Waals surface area contributed by atoms with Gasteiger partial charge in [-0.25, -0.2) is 13.1 Å². The van der Waals surface area contributed by atoms with E-state index in [1.54, 1.807) is 0 Å². The summed E-state index contributed by atoms with van der Waals surface area (Å²) in [5.74, 6) is 0.234. The van der Waals surface area contributed by atoms with E-state index in [0.717, 1.165) is 24.8 Å². The molecule has 0 heterocycles. The summed E-state index contributed by atoms with van der Waals surface area (Å²) < 4.78 is 25.6. The smallest absolute Gasteiger partial charge is 0.211 e. The van der Waals surface area contributed by atoms with Gasteiger partial charge in [0.1, 0.15) is 0 Å². The van der Waals surface area contributed by atoms with E-state index < -0.39 is 10.0 Å². The number of unbranched alkanes of at least 4 members (excludes halogenated alkanes) is 1. The lowest BCUT2D eigenvalue weighted by Crippen LogP contribution is -2.28. The largest absolute Gasteiger partial charge is 0.215 e. The monoisotopic (exact) mass is 241 g/mol. The molecule has 0 spiro atoms. The highest BCUT2D eigenvalue weighted by Crippen LogP contribution is 1.99. The van der Waals surface area contributed by atoms with Crippen molar-refractivity contribution in [1.29, 1.82) is 0 Å². The van der Waals surface area contributed by atoms with Gasteiger partial charge in [0.25, 0.3) is 0 Å². The molecule has 90 valence electrons. The van der Waals surface area contributed by atoms with Crippen molar-refractivity contribution in [3.05, 3.63) is 35.9 Å². The zero-order valence-corrected chi connectivity index (χ0v) is 10.5. The fourth-order valence-corrected chi connectivity index (χ4v) is 2.63. The van der Waals surface area contributed by atoms with Gasteiger partial charge in [-0.15, -0.1) is 0 Å². The van der Waals surface area contributed by atoms with Gasteiger partial charge in [-0.1, -0.05) is 43.7 Å². The van der Waals surface area contributed by atoms with Crippen LogP contribution < -0.4 is 4.72 Å². The Morgan fingerprint density at radius 3 is 2.50 bits per heavy atom. The van der Waals surface area contributed by atoms with Crippen LogP contribution in [0, 0.1) is 0 Å². The number of nitrogens with one attached hydrogen (secondary N) is 1. The third-order valence-corrected chi connectivity index (χ3v) is 3.82. The Kier molecular flexibility index (Phi) is 5.49. The predicted molar refractivity (Wildman–Crippen MR) is 66.8 cm³/mol. The fourth-order valence-electron chi connectivity index (χ4n) is 1.40. The van der Waals surface area contributed by atoms with Gasteiger partial charge >= 0.3 is 0 Å². The topological polar surface area (TPSA) is 46.2 Å². The molecule has 1 aromatic rings. The highest BCUT2D eigenvalue weighted by Gasteiger charge is 2.07. The molecule has 0 atom stereocenters. The maximum absolute atomic E-state index is 11.5. The summed E-state index contributed by atoms with van der Waals surface area (Å²) in [4.78, 5) is 0. The second kappa shape index (κ2) is 6.66. The number of rotatable bonds is 7. The zero-order chi connectivity index (χ0) is 11.9. The molecule has 0 saturated carbocycles. The van der Waals surface area contributed by atoms with Gasteiger partial charge < -0.3 is 0 Å². The van der Waals surface area contributed by atoms with Crippen LogP contribution in [0.2, 0.25) is 0 Å². The van der Waals surface area contributed by atoms with Crippen LogP contribution in [-0.4, -0.2) is 20.7 Å². The lowest BCUT2D eigenvalue weighted by molar-refractivity contribution is 0.578. The van der Waals surface area contributed by atoms with Crippen LogP contribution in [0.25, 0.3) is 0 Å². The Balaban J connectivity index is 2.30. The van der Waals surface area contributed by atoms with E-state index in [9.17, 15) is 8.42 Å². The summed E-state index contributed by atoms with van der Waals surface area (Å²) in [6.07, 6.45) is 2.37. The first-order chi connectivity index (χ1) is 7.64. The van der Waals surface area contributed by atoms with Crippen LogP contribution in [0.15, 0.2) is 30.3 Å². The Labute approximate surface area is 97.9 Å². The maximum Gasteiger partial charge on any atom is 0.211 e. The maximum atomic E-state index is 11.5. The Bertz CT molecular complexity index is 387. The minimum Gasteiger partial charge on any atom is -0.215 e. The van der Waals surface area contributed by atoms with E-state index in [1.165, 1.54) is 0 Å². The van der Waals surface area contributed by atoms with E-state index in [2.05, 4.69) is 4.72 Å². The average Bonchev–Trinajstić information content (AvgIpc) is 2.28. The molecule has 0 fully saturated rings. The van der Waals surface area contributed by atoms with Gasteiger partial charge in [-0.3, -0.25) is 0 Å². The molecule has 0 amide bonds. The third kappa shape index (κ3) is 5.28. The van der Waals surface area contributed by atoms with Crippen LogP contribution in [0.4, 0.5) is 0 Å². The van der Waals surface area contributed by atoms with Crippen LogP contribution in [0.3, 0.4) is 0 Å². The Hall–Kier alpha value is -0.870. The summed E-state index contributed by atoms with van der Waals surface area (Å²) >= 11 is 0. The normalized spacial score (nSPS) is 11.6. The number of benzene rings is 1. The fraction of sp³-hybridized carbons (Fsp3) is 0.500. The molecule has 0 bridgehead atoms. The number of hydrogen-bond donors (Lipinski definition) is 1. The summed E-state index contributed by atoms with van der Waals surface area (Å²) in [5, 5.41) is 0. The molecule has 0 radical (unpaired) electrons. The Morgan fingerprint density at radius 1 is 1.19 bits per heavy atom. The van der Waals surface area contributed by atoms with E-state index in [0.29, 0.717) is 6.54 Å². The van der Waals surface area contributed by atoms with Crippen molar-refractivity contribution in [2.45, 2.75) is 26.2 Å². The molecular formula is C12H19NO2S. The molecule has 4 heteroatoms. The lowest BCUT2D eigenvalue weighted by Gasteiger charge is -2.05. The van der Waals surface area contributed by atoms with Gasteiger partial charge in [0.05, 0.1) is 5.75 Å². The first-order valence-corrected chi connectivity index (χ1v) is 7.30. The number of hydrogen-bond acceptors (Lipinski definition) is 2. The van der Waals surface area contributed by atoms with Gasteiger partial charge in [0.15, 0.2) is 0 Å². The average molecular weight is 241 g/mol. The van der Waals surface area contributed by atoms with Gasteiger partial charge in [0, 0.05) is 6.54 Å². The number of sulfonamides is 1. The molecule has 1 aromatic carbocycles. The quantitative estimate of drug-likeness (QED) is 0.793. The van der Waals surface area contributed by atoms with Crippen molar-refractivity contribution in [2.24, 2.45) is 0 Å². The zero-order valence-electron chi connectivity index (χ0n) is 9.65. The molecular weight excluding hydrogens is 222 g/mol. The van der Waals surface area contributed by atoms with Crippen molar-refractivity contribution in [1.82, 2.24) is 4.72 Å². The predicted octanol–water partition coefficient (Wildman–Crippen LogP) is 1.95. The van der Waals surface area contributed by atoms with E-state index >= 15 is 0 Å². The van der Waals surface area contributed by atoms with E-state index in [-0.39, 0.29) is 5.75 Å².